The molecule has 1 aliphatic heterocycles. The Morgan fingerprint density at radius 2 is 1.85 bits per heavy atom. The minimum Gasteiger partial charge on any atom is -0.348 e. The molecule has 0 aromatic heterocycles. The molecule has 1 unspecified atom stereocenters. The molecule has 1 aliphatic carbocycles. The van der Waals surface area contributed by atoms with Crippen LogP contribution in [0.15, 0.2) is 12.2 Å². The van der Waals surface area contributed by atoms with Gasteiger partial charge in [0.1, 0.15) is 5.78 Å². The number of alkyl halides is 1. The molecule has 0 spiro atoms. The van der Waals surface area contributed by atoms with Gasteiger partial charge in [0.05, 0.1) is 19.3 Å². The molecule has 5 nitrogen and oxygen atoms in total. The van der Waals surface area contributed by atoms with Crippen molar-refractivity contribution in [1.82, 2.24) is 0 Å². The number of hydrogen-bond acceptors (Lipinski definition) is 5. The summed E-state index contributed by atoms with van der Waals surface area (Å²) in [5.74, 6) is 1.35. The molecular formula is C28H49IO5. The maximum atomic E-state index is 12.9. The van der Waals surface area contributed by atoms with E-state index >= 15 is 0 Å². The van der Waals surface area contributed by atoms with Crippen molar-refractivity contribution < 1.29 is 24.4 Å². The first-order valence-corrected chi connectivity index (χ1v) is 15.3. The van der Waals surface area contributed by atoms with Crippen LogP contribution in [0.1, 0.15) is 104 Å². The van der Waals surface area contributed by atoms with Crippen LogP contribution >= 0.6 is 22.6 Å². The van der Waals surface area contributed by atoms with E-state index in [4.69, 9.17) is 14.7 Å². The first kappa shape index (κ1) is 30.2. The second kappa shape index (κ2) is 16.7. The van der Waals surface area contributed by atoms with Gasteiger partial charge >= 0.3 is 0 Å². The van der Waals surface area contributed by atoms with E-state index in [-0.39, 0.29) is 12.0 Å². The van der Waals surface area contributed by atoms with Crippen LogP contribution in [0, 0.1) is 23.7 Å². The largest absolute Gasteiger partial charge is 0.348 e. The third-order valence-electron chi connectivity index (χ3n) is 7.83. The summed E-state index contributed by atoms with van der Waals surface area (Å²) in [6.07, 6.45) is 17.8. The van der Waals surface area contributed by atoms with Crippen molar-refractivity contribution in [3.8, 4) is 0 Å². The number of carbonyl (C=O) groups is 1. The fraction of sp³-hybridized carbons (Fsp3) is 0.893. The summed E-state index contributed by atoms with van der Waals surface area (Å²) in [5, 5.41) is 9.00. The van der Waals surface area contributed by atoms with Crippen molar-refractivity contribution in [1.29, 1.82) is 0 Å². The molecule has 1 saturated heterocycles. The van der Waals surface area contributed by atoms with Gasteiger partial charge in [0.25, 0.3) is 0 Å². The Morgan fingerprint density at radius 3 is 2.50 bits per heavy atom. The van der Waals surface area contributed by atoms with Gasteiger partial charge in [0, 0.05) is 29.6 Å². The Hall–Kier alpha value is -0.0200. The first-order chi connectivity index (χ1) is 16.5. The van der Waals surface area contributed by atoms with E-state index in [1.54, 1.807) is 0 Å². The highest BCUT2D eigenvalue weighted by atomic mass is 127. The Morgan fingerprint density at radius 1 is 1.12 bits per heavy atom. The quantitative estimate of drug-likeness (QED) is 0.0440. The Balaban J connectivity index is 1.85. The molecule has 1 heterocycles. The lowest BCUT2D eigenvalue weighted by molar-refractivity contribution is -0.289. The van der Waals surface area contributed by atoms with Crippen LogP contribution in [-0.2, 0) is 19.2 Å². The van der Waals surface area contributed by atoms with Crippen LogP contribution in [-0.4, -0.2) is 40.6 Å². The number of carbonyl (C=O) groups excluding carboxylic acids is 1. The third-order valence-corrected chi connectivity index (χ3v) is 8.96. The number of hydrogen-bond donors (Lipinski definition) is 1. The number of unbranched alkanes of at least 4 members (excludes halogenated alkanes) is 5. The van der Waals surface area contributed by atoms with E-state index in [1.165, 1.54) is 25.7 Å². The molecule has 2 rings (SSSR count). The van der Waals surface area contributed by atoms with Crippen molar-refractivity contribution in [2.24, 2.45) is 23.7 Å². The van der Waals surface area contributed by atoms with Crippen LogP contribution in [0.25, 0.3) is 0 Å². The Labute approximate surface area is 221 Å². The standard InChI is InChI=1S/C28H49IO5/c1-4-5-6-9-12-16-28(32-18-19-33-28)17-15-24-23(21-29)20-26(30)25(24)13-10-7-8-11-14-27(34-31)22(2)3/h7,10,22-25,27,31H,4-6,8-9,11-21H2,1-3H3/t23-,24-,25+,27?/m0/s1. The summed E-state index contributed by atoms with van der Waals surface area (Å²) >= 11 is 2.46. The smallest absolute Gasteiger partial charge is 0.168 e. The van der Waals surface area contributed by atoms with E-state index in [0.29, 0.717) is 36.8 Å². The van der Waals surface area contributed by atoms with Crippen molar-refractivity contribution in [3.05, 3.63) is 12.2 Å². The highest BCUT2D eigenvalue weighted by Gasteiger charge is 2.43. The Kier molecular flexibility index (Phi) is 14.8. The molecule has 2 fully saturated rings. The molecule has 0 amide bonds. The maximum Gasteiger partial charge on any atom is 0.168 e. The van der Waals surface area contributed by atoms with Gasteiger partial charge in [-0.05, 0) is 56.3 Å². The highest BCUT2D eigenvalue weighted by Crippen LogP contribution is 2.43. The molecule has 4 atom stereocenters. The van der Waals surface area contributed by atoms with Gasteiger partial charge in [-0.1, -0.05) is 81.2 Å². The molecule has 6 heteroatoms. The molecule has 0 bridgehead atoms. The van der Waals surface area contributed by atoms with Gasteiger partial charge in [-0.25, -0.2) is 4.89 Å². The predicted molar refractivity (Wildman–Crippen MR) is 146 cm³/mol. The third kappa shape index (κ3) is 9.79. The predicted octanol–water partition coefficient (Wildman–Crippen LogP) is 7.76. The lowest BCUT2D eigenvalue weighted by Crippen LogP contribution is -2.32. The molecule has 1 N–H and O–H groups in total. The van der Waals surface area contributed by atoms with E-state index in [1.807, 2.05) is 0 Å². The Bertz CT molecular complexity index is 587. The van der Waals surface area contributed by atoms with Crippen LogP contribution in [0.2, 0.25) is 0 Å². The topological polar surface area (TPSA) is 65.0 Å². The summed E-state index contributed by atoms with van der Waals surface area (Å²) in [6.45, 7) is 7.75. The fourth-order valence-electron chi connectivity index (χ4n) is 5.64. The number of ether oxygens (including phenoxy) is 2. The van der Waals surface area contributed by atoms with Crippen molar-refractivity contribution >= 4 is 28.4 Å². The van der Waals surface area contributed by atoms with Gasteiger partial charge < -0.3 is 9.47 Å². The fourth-order valence-corrected chi connectivity index (χ4v) is 6.61. The van der Waals surface area contributed by atoms with Gasteiger partial charge in [-0.3, -0.25) is 10.1 Å². The molecule has 198 valence electrons. The number of halogens is 1. The monoisotopic (exact) mass is 592 g/mol. The maximum absolute atomic E-state index is 12.9. The van der Waals surface area contributed by atoms with E-state index in [2.05, 4.69) is 60.4 Å². The van der Waals surface area contributed by atoms with Gasteiger partial charge in [-0.15, -0.1) is 0 Å². The minimum atomic E-state index is -0.421. The summed E-state index contributed by atoms with van der Waals surface area (Å²) in [5.41, 5.74) is 0. The van der Waals surface area contributed by atoms with Crippen LogP contribution in [0.3, 0.4) is 0 Å². The highest BCUT2D eigenvalue weighted by molar-refractivity contribution is 14.1. The summed E-state index contributed by atoms with van der Waals surface area (Å²) in [7, 11) is 0. The molecule has 34 heavy (non-hydrogen) atoms. The molecule has 2 aliphatic rings. The van der Waals surface area contributed by atoms with Crippen molar-refractivity contribution in [3.63, 3.8) is 0 Å². The van der Waals surface area contributed by atoms with Gasteiger partial charge in [-0.2, -0.15) is 0 Å². The minimum absolute atomic E-state index is 0.0995. The number of Topliss-reactive ketones (excluding diaryl/α,β-unsaturated/α-hetero) is 1. The van der Waals surface area contributed by atoms with Crippen LogP contribution < -0.4 is 0 Å². The van der Waals surface area contributed by atoms with E-state index in [9.17, 15) is 4.79 Å². The number of allylic oxidation sites excluding steroid dienone is 2. The average Bonchev–Trinajstić information content (AvgIpc) is 3.41. The van der Waals surface area contributed by atoms with Gasteiger partial charge in [0.2, 0.25) is 0 Å². The lowest BCUT2D eigenvalue weighted by Gasteiger charge is -2.31. The summed E-state index contributed by atoms with van der Waals surface area (Å²) in [6, 6.07) is 0. The van der Waals surface area contributed by atoms with Gasteiger partial charge in [0.15, 0.2) is 5.79 Å². The normalized spacial score (nSPS) is 25.7. The van der Waals surface area contributed by atoms with E-state index < -0.39 is 5.79 Å². The summed E-state index contributed by atoms with van der Waals surface area (Å²) in [4.78, 5) is 17.5. The molecular weight excluding hydrogens is 543 g/mol. The lowest BCUT2D eigenvalue weighted by atomic mass is 9.82. The first-order valence-electron chi connectivity index (χ1n) is 13.8. The zero-order valence-electron chi connectivity index (χ0n) is 21.8. The molecule has 0 radical (unpaired) electrons. The SMILES string of the molecule is CCCCCCCC1(CC[C@H]2[C@H](CI)CC(=O)[C@@H]2CC=CCCCC(OO)C(C)C)OCCO1. The second-order valence-electron chi connectivity index (χ2n) is 10.7. The van der Waals surface area contributed by atoms with E-state index in [0.717, 1.165) is 62.2 Å². The van der Waals surface area contributed by atoms with Crippen molar-refractivity contribution in [2.75, 3.05) is 17.6 Å². The number of rotatable bonds is 18. The van der Waals surface area contributed by atoms with Crippen LogP contribution in [0.5, 0.6) is 0 Å². The molecule has 0 aromatic rings. The zero-order valence-corrected chi connectivity index (χ0v) is 24.0. The average molecular weight is 593 g/mol. The number of ketones is 1. The summed E-state index contributed by atoms with van der Waals surface area (Å²) < 4.78 is 13.4. The second-order valence-corrected chi connectivity index (χ2v) is 11.6. The van der Waals surface area contributed by atoms with Crippen molar-refractivity contribution in [2.45, 2.75) is 116 Å². The molecule has 1 saturated carbocycles. The zero-order chi connectivity index (χ0) is 24.8. The molecule has 0 aromatic carbocycles. The van der Waals surface area contributed by atoms with Crippen LogP contribution in [0.4, 0.5) is 0 Å².